The Labute approximate surface area is 167 Å². The number of para-hydroxylation sites is 2. The van der Waals surface area contributed by atoms with E-state index in [1.807, 2.05) is 36.4 Å². The van der Waals surface area contributed by atoms with Crippen LogP contribution >= 0.6 is 11.8 Å². The fourth-order valence-corrected chi connectivity index (χ4v) is 4.35. The number of hydrogen-bond acceptors (Lipinski definition) is 6. The highest BCUT2D eigenvalue weighted by atomic mass is 32.2. The van der Waals surface area contributed by atoms with Crippen LogP contribution in [0.15, 0.2) is 59.8 Å². The molecule has 0 saturated carbocycles. The first kappa shape index (κ1) is 18.5. The highest BCUT2D eigenvalue weighted by Crippen LogP contribution is 2.31. The van der Waals surface area contributed by atoms with E-state index in [0.29, 0.717) is 11.3 Å². The lowest BCUT2D eigenvalue weighted by Crippen LogP contribution is -2.31. The van der Waals surface area contributed by atoms with Crippen molar-refractivity contribution < 1.29 is 4.92 Å². The van der Waals surface area contributed by atoms with Crippen LogP contribution in [-0.2, 0) is 5.75 Å². The van der Waals surface area contributed by atoms with Crippen LogP contribution in [-0.4, -0.2) is 32.8 Å². The lowest BCUT2D eigenvalue weighted by Gasteiger charge is -2.27. The minimum absolute atomic E-state index is 0.136. The highest BCUT2D eigenvalue weighted by Gasteiger charge is 2.22. The Morgan fingerprint density at radius 1 is 0.964 bits per heavy atom. The molecule has 0 atom stereocenters. The number of nitrogens with zero attached hydrogens (tertiary/aromatic N) is 5. The molecule has 1 aliphatic heterocycles. The summed E-state index contributed by atoms with van der Waals surface area (Å²) in [5.41, 5.74) is 1.81. The zero-order chi connectivity index (χ0) is 19.3. The highest BCUT2D eigenvalue weighted by molar-refractivity contribution is 7.98. The second-order valence-corrected chi connectivity index (χ2v) is 7.62. The molecule has 0 amide bonds. The smallest absolute Gasteiger partial charge is 0.273 e. The number of thioether (sulfide) groups is 1. The van der Waals surface area contributed by atoms with Gasteiger partial charge in [-0.15, -0.1) is 10.2 Å². The normalized spacial score (nSPS) is 14.2. The summed E-state index contributed by atoms with van der Waals surface area (Å²) in [6.45, 7) is 1.94. The molecule has 0 unspecified atom stereocenters. The average Bonchev–Trinajstić information content (AvgIpc) is 3.17. The SMILES string of the molecule is O=[N+]([O-])c1ccccc1CSc1nnc(N2CCCCC2)n1-c1ccccc1. The van der Waals surface area contributed by atoms with Crippen LogP contribution in [0, 0.1) is 10.1 Å². The van der Waals surface area contributed by atoms with Crippen LogP contribution in [0.5, 0.6) is 0 Å². The predicted molar refractivity (Wildman–Crippen MR) is 110 cm³/mol. The number of anilines is 1. The van der Waals surface area contributed by atoms with Crippen LogP contribution in [0.3, 0.4) is 0 Å². The lowest BCUT2D eigenvalue weighted by molar-refractivity contribution is -0.385. The van der Waals surface area contributed by atoms with E-state index in [-0.39, 0.29) is 10.6 Å². The fourth-order valence-electron chi connectivity index (χ4n) is 3.41. The van der Waals surface area contributed by atoms with Gasteiger partial charge in [-0.05, 0) is 31.4 Å². The molecule has 0 radical (unpaired) electrons. The van der Waals surface area contributed by atoms with Crippen molar-refractivity contribution in [2.24, 2.45) is 0 Å². The van der Waals surface area contributed by atoms with Gasteiger partial charge in [-0.3, -0.25) is 14.7 Å². The second kappa shape index (κ2) is 8.43. The van der Waals surface area contributed by atoms with Crippen molar-refractivity contribution in [2.75, 3.05) is 18.0 Å². The molecule has 2 aromatic carbocycles. The first-order valence-electron chi connectivity index (χ1n) is 9.35. The summed E-state index contributed by atoms with van der Waals surface area (Å²) >= 11 is 1.47. The zero-order valence-electron chi connectivity index (χ0n) is 15.4. The Hall–Kier alpha value is -2.87. The first-order chi connectivity index (χ1) is 13.7. The number of nitro groups is 1. The Morgan fingerprint density at radius 2 is 1.68 bits per heavy atom. The lowest BCUT2D eigenvalue weighted by atomic mass is 10.1. The van der Waals surface area contributed by atoms with E-state index in [0.717, 1.165) is 42.7 Å². The average molecular weight is 395 g/mol. The minimum atomic E-state index is -0.336. The topological polar surface area (TPSA) is 77.1 Å². The fraction of sp³-hybridized carbons (Fsp3) is 0.300. The summed E-state index contributed by atoms with van der Waals surface area (Å²) in [7, 11) is 0. The molecule has 144 valence electrons. The number of piperidine rings is 1. The molecule has 2 heterocycles. The van der Waals surface area contributed by atoms with Gasteiger partial charge in [0.1, 0.15) is 0 Å². The predicted octanol–water partition coefficient (Wildman–Crippen LogP) is 4.46. The molecule has 4 rings (SSSR count). The number of hydrogen-bond donors (Lipinski definition) is 0. The molecule has 0 N–H and O–H groups in total. The zero-order valence-corrected chi connectivity index (χ0v) is 16.2. The van der Waals surface area contributed by atoms with Crippen LogP contribution in [0.4, 0.5) is 11.6 Å². The van der Waals surface area contributed by atoms with Crippen molar-refractivity contribution in [2.45, 2.75) is 30.2 Å². The first-order valence-corrected chi connectivity index (χ1v) is 10.3. The third-order valence-corrected chi connectivity index (χ3v) is 5.79. The van der Waals surface area contributed by atoms with Crippen molar-refractivity contribution in [1.82, 2.24) is 14.8 Å². The second-order valence-electron chi connectivity index (χ2n) is 6.68. The van der Waals surface area contributed by atoms with Crippen molar-refractivity contribution in [1.29, 1.82) is 0 Å². The standard InChI is InChI=1S/C20H21N5O2S/c26-25(27)18-12-6-5-9-16(18)15-28-20-22-21-19(23-13-7-2-8-14-23)24(20)17-10-3-1-4-11-17/h1,3-6,9-12H,2,7-8,13-15H2. The largest absolute Gasteiger partial charge is 0.341 e. The minimum Gasteiger partial charge on any atom is -0.341 e. The van der Waals surface area contributed by atoms with Gasteiger partial charge in [-0.2, -0.15) is 0 Å². The van der Waals surface area contributed by atoms with Gasteiger partial charge >= 0.3 is 0 Å². The maximum atomic E-state index is 11.3. The van der Waals surface area contributed by atoms with E-state index in [4.69, 9.17) is 0 Å². The van der Waals surface area contributed by atoms with Gasteiger partial charge in [-0.25, -0.2) is 0 Å². The Kier molecular flexibility index (Phi) is 5.57. The summed E-state index contributed by atoms with van der Waals surface area (Å²) in [5, 5.41) is 20.9. The molecule has 0 aliphatic carbocycles. The van der Waals surface area contributed by atoms with Crippen molar-refractivity contribution in [3.63, 3.8) is 0 Å². The summed E-state index contributed by atoms with van der Waals surface area (Å²) in [6, 6.07) is 16.9. The van der Waals surface area contributed by atoms with E-state index in [2.05, 4.69) is 19.7 Å². The molecule has 1 aliphatic rings. The number of rotatable bonds is 6. The molecule has 28 heavy (non-hydrogen) atoms. The number of nitro benzene ring substituents is 1. The van der Waals surface area contributed by atoms with Crippen molar-refractivity contribution in [3.8, 4) is 5.69 Å². The summed E-state index contributed by atoms with van der Waals surface area (Å²) in [4.78, 5) is 13.2. The van der Waals surface area contributed by atoms with E-state index >= 15 is 0 Å². The molecule has 1 fully saturated rings. The van der Waals surface area contributed by atoms with Crippen molar-refractivity contribution in [3.05, 3.63) is 70.3 Å². The Balaban J connectivity index is 1.66. The molecular formula is C20H21N5O2S. The van der Waals surface area contributed by atoms with Gasteiger partial charge in [0, 0.05) is 30.5 Å². The van der Waals surface area contributed by atoms with E-state index in [1.165, 1.54) is 24.2 Å². The van der Waals surface area contributed by atoms with Gasteiger partial charge in [0.25, 0.3) is 5.69 Å². The van der Waals surface area contributed by atoms with Gasteiger partial charge in [-0.1, -0.05) is 48.2 Å². The monoisotopic (exact) mass is 395 g/mol. The maximum Gasteiger partial charge on any atom is 0.273 e. The van der Waals surface area contributed by atoms with Gasteiger partial charge in [0.2, 0.25) is 5.95 Å². The Bertz CT molecular complexity index is 954. The molecule has 0 bridgehead atoms. The Morgan fingerprint density at radius 3 is 2.43 bits per heavy atom. The third kappa shape index (κ3) is 3.87. The van der Waals surface area contributed by atoms with E-state index in [9.17, 15) is 10.1 Å². The molecule has 8 heteroatoms. The maximum absolute atomic E-state index is 11.3. The summed E-state index contributed by atoms with van der Waals surface area (Å²) in [5.74, 6) is 1.30. The quantitative estimate of drug-likeness (QED) is 0.348. The molecular weight excluding hydrogens is 374 g/mol. The molecule has 1 saturated heterocycles. The van der Waals surface area contributed by atoms with Crippen LogP contribution in [0.1, 0.15) is 24.8 Å². The molecule has 0 spiro atoms. The molecule has 7 nitrogen and oxygen atoms in total. The molecule has 1 aromatic heterocycles. The van der Waals surface area contributed by atoms with E-state index in [1.54, 1.807) is 12.1 Å². The molecule has 3 aromatic rings. The van der Waals surface area contributed by atoms with Gasteiger partial charge in [0.15, 0.2) is 5.16 Å². The van der Waals surface area contributed by atoms with Crippen LogP contribution < -0.4 is 4.90 Å². The van der Waals surface area contributed by atoms with Gasteiger partial charge in [0.05, 0.1) is 10.6 Å². The van der Waals surface area contributed by atoms with Gasteiger partial charge < -0.3 is 4.90 Å². The number of benzene rings is 2. The summed E-state index contributed by atoms with van der Waals surface area (Å²) in [6.07, 6.45) is 3.55. The third-order valence-electron chi connectivity index (χ3n) is 4.81. The number of aromatic nitrogens is 3. The summed E-state index contributed by atoms with van der Waals surface area (Å²) < 4.78 is 2.06. The van der Waals surface area contributed by atoms with E-state index < -0.39 is 0 Å². The van der Waals surface area contributed by atoms with Crippen LogP contribution in [0.2, 0.25) is 0 Å². The van der Waals surface area contributed by atoms with Crippen LogP contribution in [0.25, 0.3) is 5.69 Å². The van der Waals surface area contributed by atoms with Crippen molar-refractivity contribution >= 4 is 23.4 Å².